The Labute approximate surface area is 151 Å². The lowest BCUT2D eigenvalue weighted by Crippen LogP contribution is -2.29. The molecule has 0 radical (unpaired) electrons. The van der Waals surface area contributed by atoms with E-state index in [1.807, 2.05) is 36.4 Å². The van der Waals surface area contributed by atoms with Crippen molar-refractivity contribution in [3.8, 4) is 0 Å². The number of hydrogen-bond acceptors (Lipinski definition) is 4. The predicted octanol–water partition coefficient (Wildman–Crippen LogP) is 3.21. The molecule has 3 aromatic rings. The van der Waals surface area contributed by atoms with Gasteiger partial charge >= 0.3 is 0 Å². The molecule has 2 aromatic carbocycles. The van der Waals surface area contributed by atoms with Crippen molar-refractivity contribution in [3.05, 3.63) is 71.0 Å². The minimum Gasteiger partial charge on any atom is -0.387 e. The Morgan fingerprint density at radius 1 is 1.12 bits per heavy atom. The minimum atomic E-state index is -3.87. The van der Waals surface area contributed by atoms with Crippen molar-refractivity contribution in [1.82, 2.24) is 9.71 Å². The molecule has 1 heterocycles. The fourth-order valence-electron chi connectivity index (χ4n) is 2.63. The Bertz CT molecular complexity index is 1020. The number of sulfonamides is 1. The Morgan fingerprint density at radius 3 is 2.60 bits per heavy atom. The molecule has 0 saturated carbocycles. The second-order valence-electron chi connectivity index (χ2n) is 5.68. The third-order valence-electron chi connectivity index (χ3n) is 3.89. The summed E-state index contributed by atoms with van der Waals surface area (Å²) in [5, 5.41) is 12.2. The van der Waals surface area contributed by atoms with Gasteiger partial charge in [0, 0.05) is 12.2 Å². The van der Waals surface area contributed by atoms with Crippen LogP contribution in [0.25, 0.3) is 10.8 Å². The van der Waals surface area contributed by atoms with Crippen LogP contribution >= 0.6 is 11.6 Å². The molecule has 1 aromatic heterocycles. The Morgan fingerprint density at radius 2 is 1.84 bits per heavy atom. The number of aliphatic hydroxyl groups is 1. The van der Waals surface area contributed by atoms with E-state index in [0.717, 1.165) is 10.8 Å². The molecule has 0 bridgehead atoms. The van der Waals surface area contributed by atoms with Crippen molar-refractivity contribution < 1.29 is 13.5 Å². The molecule has 0 amide bonds. The normalized spacial score (nSPS) is 13.1. The van der Waals surface area contributed by atoms with Gasteiger partial charge in [0.25, 0.3) is 0 Å². The molecule has 0 aliphatic carbocycles. The summed E-state index contributed by atoms with van der Waals surface area (Å²) in [6.07, 6.45) is -0.988. The van der Waals surface area contributed by atoms with Crippen LogP contribution in [0.15, 0.2) is 59.5 Å². The first-order valence-corrected chi connectivity index (χ1v) is 9.53. The molecule has 130 valence electrons. The van der Waals surface area contributed by atoms with Gasteiger partial charge in [0.15, 0.2) is 0 Å². The molecule has 0 saturated heterocycles. The van der Waals surface area contributed by atoms with Gasteiger partial charge in [-0.25, -0.2) is 18.1 Å². The lowest BCUT2D eigenvalue weighted by Gasteiger charge is -2.15. The Balaban J connectivity index is 1.82. The highest BCUT2D eigenvalue weighted by Gasteiger charge is 2.21. The van der Waals surface area contributed by atoms with Gasteiger partial charge in [-0.1, -0.05) is 54.1 Å². The summed E-state index contributed by atoms with van der Waals surface area (Å²) in [7, 11) is -3.87. The molecular formula is C18H17ClN2O3S. The molecule has 0 aliphatic rings. The number of aromatic nitrogens is 1. The first-order valence-electron chi connectivity index (χ1n) is 7.67. The number of nitrogens with zero attached hydrogens (tertiary/aromatic N) is 1. The van der Waals surface area contributed by atoms with Crippen LogP contribution < -0.4 is 4.72 Å². The molecule has 2 N–H and O–H groups in total. The number of nitrogens with one attached hydrogen (secondary N) is 1. The van der Waals surface area contributed by atoms with Crippen LogP contribution in [0.5, 0.6) is 0 Å². The van der Waals surface area contributed by atoms with Gasteiger partial charge in [-0.3, -0.25) is 0 Å². The molecule has 3 rings (SSSR count). The number of aryl methyl sites for hydroxylation is 1. The summed E-state index contributed by atoms with van der Waals surface area (Å²) < 4.78 is 27.2. The molecule has 25 heavy (non-hydrogen) atoms. The second-order valence-corrected chi connectivity index (χ2v) is 7.77. The van der Waals surface area contributed by atoms with E-state index in [2.05, 4.69) is 9.71 Å². The van der Waals surface area contributed by atoms with E-state index in [0.29, 0.717) is 11.3 Å². The third-order valence-corrected chi connectivity index (χ3v) is 5.75. The maximum absolute atomic E-state index is 12.4. The zero-order chi connectivity index (χ0) is 18.0. The van der Waals surface area contributed by atoms with E-state index in [1.165, 1.54) is 6.07 Å². The van der Waals surface area contributed by atoms with E-state index in [4.69, 9.17) is 11.6 Å². The molecule has 1 unspecified atom stereocenters. The van der Waals surface area contributed by atoms with Gasteiger partial charge in [-0.15, -0.1) is 0 Å². The van der Waals surface area contributed by atoms with Crippen molar-refractivity contribution in [2.24, 2.45) is 0 Å². The SMILES string of the molecule is Cc1ccc(S(=O)(=O)NCC(O)c2cccc3ccccc23)c(Cl)n1. The average molecular weight is 377 g/mol. The van der Waals surface area contributed by atoms with Crippen LogP contribution in [-0.4, -0.2) is 25.1 Å². The lowest BCUT2D eigenvalue weighted by atomic mass is 10.0. The summed E-state index contributed by atoms with van der Waals surface area (Å²) in [4.78, 5) is 3.84. The van der Waals surface area contributed by atoms with Crippen molar-refractivity contribution in [1.29, 1.82) is 0 Å². The molecule has 0 spiro atoms. The summed E-state index contributed by atoms with van der Waals surface area (Å²) in [5.41, 5.74) is 1.29. The van der Waals surface area contributed by atoms with Crippen LogP contribution in [0.2, 0.25) is 5.15 Å². The monoisotopic (exact) mass is 376 g/mol. The standard InChI is InChI=1S/C18H17ClN2O3S/c1-12-9-10-17(18(19)21-12)25(23,24)20-11-16(22)15-8-4-6-13-5-2-3-7-14(13)15/h2-10,16,20,22H,11H2,1H3. The fourth-order valence-corrected chi connectivity index (χ4v) is 4.18. The van der Waals surface area contributed by atoms with Crippen LogP contribution in [0.1, 0.15) is 17.4 Å². The van der Waals surface area contributed by atoms with Gasteiger partial charge in [0.2, 0.25) is 10.0 Å². The fraction of sp³-hybridized carbons (Fsp3) is 0.167. The predicted molar refractivity (Wildman–Crippen MR) is 98.1 cm³/mol. The summed E-state index contributed by atoms with van der Waals surface area (Å²) in [6.45, 7) is 1.56. The van der Waals surface area contributed by atoms with Gasteiger partial charge in [-0.05, 0) is 35.4 Å². The van der Waals surface area contributed by atoms with Gasteiger partial charge in [0.1, 0.15) is 10.0 Å². The second kappa shape index (κ2) is 7.09. The smallest absolute Gasteiger partial charge is 0.243 e. The van der Waals surface area contributed by atoms with E-state index in [1.54, 1.807) is 19.1 Å². The van der Waals surface area contributed by atoms with E-state index < -0.39 is 16.1 Å². The number of rotatable bonds is 5. The van der Waals surface area contributed by atoms with Crippen LogP contribution in [0, 0.1) is 6.92 Å². The highest BCUT2D eigenvalue weighted by molar-refractivity contribution is 7.89. The third kappa shape index (κ3) is 3.82. The van der Waals surface area contributed by atoms with Gasteiger partial charge in [0.05, 0.1) is 6.10 Å². The first-order chi connectivity index (χ1) is 11.9. The minimum absolute atomic E-state index is 0.0906. The largest absolute Gasteiger partial charge is 0.387 e. The van der Waals surface area contributed by atoms with Gasteiger partial charge in [-0.2, -0.15) is 0 Å². The number of benzene rings is 2. The number of fused-ring (bicyclic) bond motifs is 1. The number of halogens is 1. The van der Waals surface area contributed by atoms with E-state index in [9.17, 15) is 13.5 Å². The first kappa shape index (κ1) is 17.8. The highest BCUT2D eigenvalue weighted by Crippen LogP contribution is 2.25. The van der Waals surface area contributed by atoms with Gasteiger partial charge < -0.3 is 5.11 Å². The summed E-state index contributed by atoms with van der Waals surface area (Å²) >= 11 is 5.93. The van der Waals surface area contributed by atoms with Crippen LogP contribution in [0.3, 0.4) is 0 Å². The van der Waals surface area contributed by atoms with Crippen molar-refractivity contribution >= 4 is 32.4 Å². The van der Waals surface area contributed by atoms with E-state index >= 15 is 0 Å². The quantitative estimate of drug-likeness (QED) is 0.670. The topological polar surface area (TPSA) is 79.3 Å². The van der Waals surface area contributed by atoms with Crippen molar-refractivity contribution in [3.63, 3.8) is 0 Å². The maximum atomic E-state index is 12.4. The molecular weight excluding hydrogens is 360 g/mol. The van der Waals surface area contributed by atoms with Crippen LogP contribution in [0.4, 0.5) is 0 Å². The summed E-state index contributed by atoms with van der Waals surface area (Å²) in [5.74, 6) is 0. The zero-order valence-electron chi connectivity index (χ0n) is 13.5. The number of pyridine rings is 1. The number of aliphatic hydroxyl groups excluding tert-OH is 1. The molecule has 0 fully saturated rings. The molecule has 1 atom stereocenters. The summed E-state index contributed by atoms with van der Waals surface area (Å²) in [6, 6.07) is 16.1. The van der Waals surface area contributed by atoms with Crippen LogP contribution in [-0.2, 0) is 10.0 Å². The lowest BCUT2D eigenvalue weighted by molar-refractivity contribution is 0.183. The Hall–Kier alpha value is -1.99. The highest BCUT2D eigenvalue weighted by atomic mass is 35.5. The molecule has 5 nitrogen and oxygen atoms in total. The Kier molecular flexibility index (Phi) is 5.06. The van der Waals surface area contributed by atoms with Crippen molar-refractivity contribution in [2.45, 2.75) is 17.9 Å². The zero-order valence-corrected chi connectivity index (χ0v) is 15.1. The van der Waals surface area contributed by atoms with E-state index in [-0.39, 0.29) is 16.6 Å². The molecule has 7 heteroatoms. The van der Waals surface area contributed by atoms with Crippen molar-refractivity contribution in [2.75, 3.05) is 6.54 Å². The average Bonchev–Trinajstić information content (AvgIpc) is 2.59. The molecule has 0 aliphatic heterocycles. The maximum Gasteiger partial charge on any atom is 0.243 e. The number of hydrogen-bond donors (Lipinski definition) is 2.